The van der Waals surface area contributed by atoms with Crippen LogP contribution in [0.15, 0.2) is 194 Å². The van der Waals surface area contributed by atoms with Crippen molar-refractivity contribution < 1.29 is 178 Å². The molecule has 0 aliphatic heterocycles. The monoisotopic (exact) mass is 1440 g/mol. The summed E-state index contributed by atoms with van der Waals surface area (Å²) < 4.78 is 56.4. The van der Waals surface area contributed by atoms with E-state index < -0.39 is 46.7 Å². The van der Waals surface area contributed by atoms with Crippen molar-refractivity contribution in [2.75, 3.05) is 91.9 Å². The molecule has 22 nitrogen and oxygen atoms in total. The number of ether oxygens (including phenoxy) is 4. The van der Waals surface area contributed by atoms with E-state index in [1.165, 1.54) is 44.5 Å². The van der Waals surface area contributed by atoms with E-state index in [9.17, 15) is 39.0 Å². The average Bonchev–Trinajstić information content (AvgIpc) is 1.65. The number of nitrogens with one attached hydrogen (secondary N) is 4. The summed E-state index contributed by atoms with van der Waals surface area (Å²) in [6.45, 7) is 3.99. The first kappa shape index (κ1) is 79.5. The van der Waals surface area contributed by atoms with Crippen molar-refractivity contribution in [1.29, 1.82) is 0 Å². The van der Waals surface area contributed by atoms with Gasteiger partial charge in [-0.2, -0.15) is 0 Å². The molecule has 4 aliphatic carbocycles. The van der Waals surface area contributed by atoms with Gasteiger partial charge >= 0.3 is 139 Å². The third-order valence-corrected chi connectivity index (χ3v) is 17.8. The molecule has 0 spiro atoms. The molecule has 4 amide bonds. The fraction of sp³-hybridized carbons (Fsp3) is 0.289. The van der Waals surface area contributed by atoms with Crippen molar-refractivity contribution in [2.24, 2.45) is 0 Å². The van der Waals surface area contributed by atoms with Crippen LogP contribution < -0.4 is 124 Å². The smallest absolute Gasteiger partial charge is 0.759 e. The first-order chi connectivity index (χ1) is 48.0. The van der Waals surface area contributed by atoms with E-state index in [2.05, 4.69) is 118 Å². The van der Waals surface area contributed by atoms with Crippen molar-refractivity contribution in [3.63, 3.8) is 0 Å². The van der Waals surface area contributed by atoms with Gasteiger partial charge in [-0.05, 0) is 115 Å². The maximum absolute atomic E-state index is 12.5. The number of amides is 4. The minimum absolute atomic E-state index is 0. The van der Waals surface area contributed by atoms with Gasteiger partial charge in [0.05, 0.1) is 13.1 Å². The summed E-state index contributed by atoms with van der Waals surface area (Å²) in [5.41, 5.74) is 18.6. The first-order valence-electron chi connectivity index (χ1n) is 32.9. The standard InChI is InChI=1S/2C38H39N3O6.2K.H2O4S/c2*42-36(43)23-41(21-9-19-39-37(44)46-24-34-30-15-5-1-11-26(30)27-12-2-6-16-31(27)34)22-10-20-40-38(45)47-25-35-32-17-7-3-13-28(32)29-14-4-8-18-33(29)35;;;1-5(2,3)4/h2*1-8,11-18,34-35H,9-10,19-25H2,(H,39,44)(H,40,45)(H,42,43);;;(H2,1,2,3,4)/q;;2*+1;/p-2. The zero-order valence-electron chi connectivity index (χ0n) is 56.4. The number of alkyl carbamates (subject to hydrolysis) is 4. The minimum atomic E-state index is -5.17. The number of nitrogens with zero attached hydrogens (tertiary/aromatic N) is 2. The molecule has 0 atom stereocenters. The number of aliphatic carboxylic acids is 2. The van der Waals surface area contributed by atoms with Gasteiger partial charge in [0.1, 0.15) is 26.4 Å². The summed E-state index contributed by atoms with van der Waals surface area (Å²) in [6, 6.07) is 65.4. The van der Waals surface area contributed by atoms with E-state index in [1.807, 2.05) is 97.1 Å². The molecule has 0 unspecified atom stereocenters. The number of rotatable bonds is 28. The quantitative estimate of drug-likeness (QED) is 0.0122. The Labute approximate surface area is 672 Å². The number of carboxylic acids is 2. The van der Waals surface area contributed by atoms with Gasteiger partial charge in [0.2, 0.25) is 0 Å². The molecule has 0 saturated carbocycles. The first-order valence-corrected chi connectivity index (χ1v) is 34.2. The molecular weight excluding hydrogens is 1360 g/mol. The average molecular weight is 1440 g/mol. The maximum atomic E-state index is 12.5. The molecule has 0 heterocycles. The predicted molar refractivity (Wildman–Crippen MR) is 369 cm³/mol. The van der Waals surface area contributed by atoms with Crippen LogP contribution in [0.5, 0.6) is 0 Å². The zero-order valence-corrected chi connectivity index (χ0v) is 63.5. The van der Waals surface area contributed by atoms with Gasteiger partial charge in [-0.3, -0.25) is 27.8 Å². The Kier molecular flexibility index (Phi) is 31.1. The molecule has 0 bridgehead atoms. The molecule has 6 N–H and O–H groups in total. The Hall–Kier alpha value is -7.16. The molecule has 101 heavy (non-hydrogen) atoms. The largest absolute Gasteiger partial charge is 1.00 e. The van der Waals surface area contributed by atoms with Crippen molar-refractivity contribution in [1.82, 2.24) is 31.1 Å². The molecule has 0 fully saturated rings. The zero-order chi connectivity index (χ0) is 69.7. The van der Waals surface area contributed by atoms with Gasteiger partial charge in [-0.15, -0.1) is 0 Å². The van der Waals surface area contributed by atoms with Crippen LogP contribution in [0.3, 0.4) is 0 Å². The number of hydrogen-bond acceptors (Lipinski definition) is 16. The van der Waals surface area contributed by atoms with Gasteiger partial charge in [-0.25, -0.2) is 19.2 Å². The van der Waals surface area contributed by atoms with Gasteiger partial charge in [0.15, 0.2) is 0 Å². The van der Waals surface area contributed by atoms with Crippen LogP contribution in [0.25, 0.3) is 44.5 Å². The van der Waals surface area contributed by atoms with Gasteiger partial charge in [-0.1, -0.05) is 194 Å². The molecule has 0 radical (unpaired) electrons. The van der Waals surface area contributed by atoms with E-state index >= 15 is 0 Å². The molecule has 4 aliphatic rings. The van der Waals surface area contributed by atoms with Crippen LogP contribution >= 0.6 is 0 Å². The van der Waals surface area contributed by atoms with E-state index in [-0.39, 0.29) is 166 Å². The van der Waals surface area contributed by atoms with Gasteiger partial charge < -0.3 is 59.5 Å². The molecule has 25 heteroatoms. The number of carboxylic acid groups (broad SMARTS) is 2. The topological polar surface area (TPSA) is 315 Å². The Balaban J connectivity index is 0.000000236. The molecular formula is C76H78K2N6O16S. The molecule has 8 aromatic carbocycles. The number of fused-ring (bicyclic) bond motifs is 12. The van der Waals surface area contributed by atoms with Crippen LogP contribution in [0.1, 0.15) is 93.9 Å². The predicted octanol–water partition coefficient (Wildman–Crippen LogP) is 5.13. The molecule has 0 saturated heterocycles. The summed E-state index contributed by atoms with van der Waals surface area (Å²) in [6.07, 6.45) is 0.226. The van der Waals surface area contributed by atoms with Crippen molar-refractivity contribution in [3.8, 4) is 44.5 Å². The second kappa shape index (κ2) is 39.5. The van der Waals surface area contributed by atoms with E-state index in [0.717, 1.165) is 44.5 Å². The van der Waals surface area contributed by atoms with Crippen LogP contribution in [-0.4, -0.2) is 166 Å². The van der Waals surface area contributed by atoms with E-state index in [4.69, 9.17) is 36.5 Å². The normalized spacial score (nSPS) is 12.6. The number of carbonyl (C=O) groups is 6. The summed E-state index contributed by atoms with van der Waals surface area (Å²) in [4.78, 5) is 76.4. The van der Waals surface area contributed by atoms with Gasteiger partial charge in [0.25, 0.3) is 0 Å². The Morgan fingerprint density at radius 3 is 0.644 bits per heavy atom. The molecule has 12 rings (SSSR count). The van der Waals surface area contributed by atoms with E-state index in [1.54, 1.807) is 9.80 Å². The summed E-state index contributed by atoms with van der Waals surface area (Å²) in [5, 5.41) is 29.9. The Morgan fingerprint density at radius 2 is 0.485 bits per heavy atom. The van der Waals surface area contributed by atoms with E-state index in [0.29, 0.717) is 78.0 Å². The second-order valence-electron chi connectivity index (χ2n) is 24.2. The summed E-state index contributed by atoms with van der Waals surface area (Å²) in [5.74, 6) is -1.91. The van der Waals surface area contributed by atoms with Crippen LogP contribution in [0.2, 0.25) is 0 Å². The fourth-order valence-electron chi connectivity index (χ4n) is 13.5. The SMILES string of the molecule is O=C(O)CN(CCCNC(=O)OCC1c2ccccc2-c2ccccc21)CCCNC(=O)OCC1c2ccccc2-c2ccccc21.O=C(O)CN(CCCNC(=O)OCC1c2ccccc2-c2ccccc21)CCCNC(=O)OCC1c2ccccc2-c2ccccc21.O=S(=O)([O-])[O-].[K+].[K+]. The molecule has 516 valence electrons. The summed E-state index contributed by atoms with van der Waals surface area (Å²) in [7, 11) is -5.17. The van der Waals surface area contributed by atoms with Crippen LogP contribution in [0, 0.1) is 0 Å². The number of carbonyl (C=O) groups excluding carboxylic acids is 4. The maximum Gasteiger partial charge on any atom is 1.00 e. The van der Waals surface area contributed by atoms with Crippen LogP contribution in [-0.2, 0) is 38.9 Å². The fourth-order valence-corrected chi connectivity index (χ4v) is 13.5. The molecule has 8 aromatic rings. The third-order valence-electron chi connectivity index (χ3n) is 17.8. The number of hydrogen-bond donors (Lipinski definition) is 6. The van der Waals surface area contributed by atoms with Crippen LogP contribution in [0.4, 0.5) is 19.2 Å². The minimum Gasteiger partial charge on any atom is -0.759 e. The molecule has 0 aromatic heterocycles. The Bertz CT molecular complexity index is 3600. The summed E-state index contributed by atoms with van der Waals surface area (Å²) >= 11 is 0. The number of benzene rings is 8. The second-order valence-corrected chi connectivity index (χ2v) is 25.0. The van der Waals surface area contributed by atoms with Gasteiger partial charge in [0, 0.05) is 86.4 Å². The Morgan fingerprint density at radius 1 is 0.327 bits per heavy atom. The third kappa shape index (κ3) is 22.4. The van der Waals surface area contributed by atoms with Crippen molar-refractivity contribution >= 4 is 46.7 Å². The van der Waals surface area contributed by atoms with Crippen molar-refractivity contribution in [2.45, 2.75) is 49.4 Å². The van der Waals surface area contributed by atoms with Crippen molar-refractivity contribution in [3.05, 3.63) is 239 Å².